The molecule has 1 amide bonds. The van der Waals surface area contributed by atoms with Gasteiger partial charge in [-0.15, -0.1) is 0 Å². The van der Waals surface area contributed by atoms with Gasteiger partial charge in [-0.25, -0.2) is 0 Å². The van der Waals surface area contributed by atoms with Crippen LogP contribution in [-0.4, -0.2) is 17.0 Å². The monoisotopic (exact) mass is 310 g/mol. The predicted molar refractivity (Wildman–Crippen MR) is 91.8 cm³/mol. The molecule has 23 heavy (non-hydrogen) atoms. The number of hydrogen-bond acceptors (Lipinski definition) is 2. The van der Waals surface area contributed by atoms with Crippen molar-refractivity contribution in [1.29, 1.82) is 0 Å². The quantitative estimate of drug-likeness (QED) is 0.773. The average molecular weight is 310 g/mol. The van der Waals surface area contributed by atoms with Crippen molar-refractivity contribution in [2.45, 2.75) is 33.7 Å². The number of carbonyl (C=O) groups is 1. The Morgan fingerprint density at radius 3 is 2.83 bits per heavy atom. The highest BCUT2D eigenvalue weighted by Crippen LogP contribution is 2.23. The van der Waals surface area contributed by atoms with Crippen LogP contribution in [0.5, 0.6) is 0 Å². The summed E-state index contributed by atoms with van der Waals surface area (Å²) in [6.45, 7) is 7.56. The molecular formula is C19H22N2O2. The van der Waals surface area contributed by atoms with Gasteiger partial charge < -0.3 is 14.3 Å². The normalized spacial score (nSPS) is 11.1. The molecule has 3 rings (SSSR count). The fourth-order valence-corrected chi connectivity index (χ4v) is 2.81. The summed E-state index contributed by atoms with van der Waals surface area (Å²) in [4.78, 5) is 12.5. The van der Waals surface area contributed by atoms with E-state index in [-0.39, 0.29) is 5.91 Å². The molecule has 0 radical (unpaired) electrons. The summed E-state index contributed by atoms with van der Waals surface area (Å²) < 4.78 is 7.52. The maximum Gasteiger partial charge on any atom is 0.268 e. The lowest BCUT2D eigenvalue weighted by molar-refractivity contribution is 0.0945. The molecule has 0 fully saturated rings. The van der Waals surface area contributed by atoms with E-state index < -0.39 is 0 Å². The first kappa shape index (κ1) is 15.4. The second-order valence-corrected chi connectivity index (χ2v) is 5.97. The molecule has 0 bridgehead atoms. The molecule has 0 saturated carbocycles. The second-order valence-electron chi connectivity index (χ2n) is 5.97. The summed E-state index contributed by atoms with van der Waals surface area (Å²) in [5.41, 5.74) is 6.01. The van der Waals surface area contributed by atoms with E-state index in [1.54, 1.807) is 6.26 Å². The van der Waals surface area contributed by atoms with E-state index in [9.17, 15) is 4.79 Å². The van der Waals surface area contributed by atoms with Gasteiger partial charge in [-0.2, -0.15) is 0 Å². The average Bonchev–Trinajstić information content (AvgIpc) is 3.11. The number of amides is 1. The van der Waals surface area contributed by atoms with Crippen molar-refractivity contribution >= 4 is 17.0 Å². The van der Waals surface area contributed by atoms with Crippen molar-refractivity contribution in [2.75, 3.05) is 6.54 Å². The lowest BCUT2D eigenvalue weighted by Crippen LogP contribution is -2.26. The molecular weight excluding hydrogens is 288 g/mol. The maximum absolute atomic E-state index is 12.5. The van der Waals surface area contributed by atoms with Gasteiger partial charge in [-0.3, -0.25) is 4.79 Å². The van der Waals surface area contributed by atoms with Crippen molar-refractivity contribution in [3.05, 3.63) is 59.0 Å². The zero-order valence-corrected chi connectivity index (χ0v) is 13.8. The molecule has 0 spiro atoms. The molecule has 2 aromatic heterocycles. The van der Waals surface area contributed by atoms with E-state index >= 15 is 0 Å². The van der Waals surface area contributed by atoms with E-state index in [1.165, 1.54) is 16.7 Å². The Hall–Kier alpha value is -2.49. The van der Waals surface area contributed by atoms with Gasteiger partial charge in [0.2, 0.25) is 0 Å². The van der Waals surface area contributed by atoms with Gasteiger partial charge >= 0.3 is 0 Å². The van der Waals surface area contributed by atoms with E-state index in [0.717, 1.165) is 17.5 Å². The maximum atomic E-state index is 12.5. The first-order valence-electron chi connectivity index (χ1n) is 8.01. The number of fused-ring (bicyclic) bond motifs is 1. The van der Waals surface area contributed by atoms with Crippen molar-refractivity contribution in [3.8, 4) is 0 Å². The fraction of sp³-hybridized carbons (Fsp3) is 0.316. The Morgan fingerprint density at radius 1 is 1.22 bits per heavy atom. The van der Waals surface area contributed by atoms with Crippen LogP contribution in [0.2, 0.25) is 0 Å². The first-order chi connectivity index (χ1) is 11.1. The standard InChI is InChI=1S/C19H22N2O2/c1-4-8-20-19(22)17-11-18-16(7-9-23-18)21(17)12-15-10-13(2)5-6-14(15)3/h5-7,9-11H,4,8,12H2,1-3H3,(H,20,22). The molecule has 3 aromatic rings. The first-order valence-corrected chi connectivity index (χ1v) is 8.01. The van der Waals surface area contributed by atoms with E-state index in [4.69, 9.17) is 4.42 Å². The molecule has 4 heteroatoms. The van der Waals surface area contributed by atoms with Gasteiger partial charge in [0, 0.05) is 25.2 Å². The molecule has 0 aliphatic carbocycles. The molecule has 2 heterocycles. The smallest absolute Gasteiger partial charge is 0.268 e. The topological polar surface area (TPSA) is 47.2 Å². The second kappa shape index (κ2) is 6.32. The number of nitrogens with one attached hydrogen (secondary N) is 1. The molecule has 1 N–H and O–H groups in total. The lowest BCUT2D eigenvalue weighted by Gasteiger charge is -2.13. The molecule has 0 saturated heterocycles. The van der Waals surface area contributed by atoms with E-state index in [0.29, 0.717) is 18.8 Å². The highest BCUT2D eigenvalue weighted by Gasteiger charge is 2.17. The highest BCUT2D eigenvalue weighted by atomic mass is 16.3. The van der Waals surface area contributed by atoms with Crippen LogP contribution in [0.4, 0.5) is 0 Å². The third-order valence-corrected chi connectivity index (χ3v) is 4.12. The Labute approximate surface area is 136 Å². The van der Waals surface area contributed by atoms with Gasteiger partial charge in [0.15, 0.2) is 5.58 Å². The Kier molecular flexibility index (Phi) is 4.24. The number of hydrogen-bond donors (Lipinski definition) is 1. The summed E-state index contributed by atoms with van der Waals surface area (Å²) in [6, 6.07) is 10.1. The van der Waals surface area contributed by atoms with Crippen LogP contribution in [0.1, 0.15) is 40.5 Å². The van der Waals surface area contributed by atoms with Crippen molar-refractivity contribution < 1.29 is 9.21 Å². The number of carbonyl (C=O) groups excluding carboxylic acids is 1. The molecule has 120 valence electrons. The minimum Gasteiger partial charge on any atom is -0.463 e. The number of aryl methyl sites for hydroxylation is 2. The number of nitrogens with zero attached hydrogens (tertiary/aromatic N) is 1. The van der Waals surface area contributed by atoms with Crippen LogP contribution in [0.3, 0.4) is 0 Å². The number of benzene rings is 1. The minimum atomic E-state index is -0.0523. The number of aromatic nitrogens is 1. The molecule has 4 nitrogen and oxygen atoms in total. The van der Waals surface area contributed by atoms with E-state index in [2.05, 4.69) is 37.4 Å². The van der Waals surface area contributed by atoms with E-state index in [1.807, 2.05) is 23.6 Å². The third-order valence-electron chi connectivity index (χ3n) is 4.12. The van der Waals surface area contributed by atoms with Gasteiger partial charge in [-0.05, 0) is 31.4 Å². The Balaban J connectivity index is 2.02. The van der Waals surface area contributed by atoms with Gasteiger partial charge in [0.05, 0.1) is 11.8 Å². The van der Waals surface area contributed by atoms with Crippen LogP contribution in [0, 0.1) is 13.8 Å². The Bertz CT molecular complexity index is 842. The predicted octanol–water partition coefficient (Wildman–Crippen LogP) is 4.04. The Morgan fingerprint density at radius 2 is 2.04 bits per heavy atom. The molecule has 0 unspecified atom stereocenters. The largest absolute Gasteiger partial charge is 0.463 e. The van der Waals surface area contributed by atoms with Crippen LogP contribution < -0.4 is 5.32 Å². The summed E-state index contributed by atoms with van der Waals surface area (Å²) in [5.74, 6) is -0.0523. The third kappa shape index (κ3) is 3.02. The van der Waals surface area contributed by atoms with Crippen molar-refractivity contribution in [2.24, 2.45) is 0 Å². The van der Waals surface area contributed by atoms with Crippen LogP contribution in [0.25, 0.3) is 11.1 Å². The van der Waals surface area contributed by atoms with Gasteiger partial charge in [-0.1, -0.05) is 30.7 Å². The zero-order chi connectivity index (χ0) is 16.4. The van der Waals surface area contributed by atoms with Crippen LogP contribution in [-0.2, 0) is 6.54 Å². The summed E-state index contributed by atoms with van der Waals surface area (Å²) in [5, 5.41) is 2.95. The fourth-order valence-electron chi connectivity index (χ4n) is 2.81. The lowest BCUT2D eigenvalue weighted by atomic mass is 10.1. The number of rotatable bonds is 5. The minimum absolute atomic E-state index is 0.0523. The summed E-state index contributed by atoms with van der Waals surface area (Å²) in [7, 11) is 0. The molecule has 0 atom stereocenters. The van der Waals surface area contributed by atoms with Crippen molar-refractivity contribution in [1.82, 2.24) is 9.88 Å². The van der Waals surface area contributed by atoms with Crippen molar-refractivity contribution in [3.63, 3.8) is 0 Å². The van der Waals surface area contributed by atoms with Crippen LogP contribution >= 0.6 is 0 Å². The van der Waals surface area contributed by atoms with Gasteiger partial charge in [0.1, 0.15) is 5.69 Å². The summed E-state index contributed by atoms with van der Waals surface area (Å²) >= 11 is 0. The van der Waals surface area contributed by atoms with Gasteiger partial charge in [0.25, 0.3) is 5.91 Å². The molecule has 1 aromatic carbocycles. The number of furan rings is 1. The summed E-state index contributed by atoms with van der Waals surface area (Å²) in [6.07, 6.45) is 2.58. The van der Waals surface area contributed by atoms with Crippen LogP contribution in [0.15, 0.2) is 41.0 Å². The molecule has 0 aliphatic heterocycles. The SMILES string of the molecule is CCCNC(=O)c1cc2occc2n1Cc1cc(C)ccc1C. The highest BCUT2D eigenvalue weighted by molar-refractivity contribution is 5.97. The zero-order valence-electron chi connectivity index (χ0n) is 13.8. The molecule has 0 aliphatic rings.